The number of carbonyl (C=O) groups is 1. The Bertz CT molecular complexity index is 2170. The van der Waals surface area contributed by atoms with Crippen LogP contribution in [-0.2, 0) is 20.9 Å². The maximum Gasteiger partial charge on any atom is 0.410 e. The molecule has 0 bridgehead atoms. The Kier molecular flexibility index (Phi) is 13.7. The number of allylic oxidation sites excluding steroid dienone is 1. The first-order valence-corrected chi connectivity index (χ1v) is 21.3. The predicted molar refractivity (Wildman–Crippen MR) is 229 cm³/mol. The molecule has 4 aliphatic rings. The molecule has 0 unspecified atom stereocenters. The van der Waals surface area contributed by atoms with E-state index in [1.165, 1.54) is 19.2 Å². The van der Waals surface area contributed by atoms with Gasteiger partial charge in [-0.2, -0.15) is 0 Å². The second kappa shape index (κ2) is 19.2. The number of amides is 1. The van der Waals surface area contributed by atoms with Gasteiger partial charge in [-0.25, -0.2) is 4.79 Å². The Morgan fingerprint density at radius 2 is 1.74 bits per heavy atom. The third-order valence-electron chi connectivity index (χ3n) is 11.9. The Labute approximate surface area is 362 Å². The molecule has 0 radical (unpaired) electrons. The Hall–Kier alpha value is -5.64. The minimum absolute atomic E-state index is 0.00243. The predicted octanol–water partition coefficient (Wildman–Crippen LogP) is 8.82. The van der Waals surface area contributed by atoms with Crippen LogP contribution in [0.3, 0.4) is 0 Å². The van der Waals surface area contributed by atoms with Gasteiger partial charge in [0.25, 0.3) is 5.69 Å². The van der Waals surface area contributed by atoms with Gasteiger partial charge >= 0.3 is 6.09 Å². The summed E-state index contributed by atoms with van der Waals surface area (Å²) in [6.07, 6.45) is 7.74. The van der Waals surface area contributed by atoms with E-state index >= 15 is 0 Å². The number of nitro groups is 1. The fourth-order valence-electron chi connectivity index (χ4n) is 9.36. The number of oxime groups is 1. The number of hydrogen-bond donors (Lipinski definition) is 2. The topological polar surface area (TPSA) is 181 Å². The molecule has 15 nitrogen and oxygen atoms in total. The van der Waals surface area contributed by atoms with Crippen molar-refractivity contribution in [1.82, 2.24) is 4.90 Å². The minimum atomic E-state index is -1.53. The molecule has 3 aromatic carbocycles. The molecule has 2 aliphatic heterocycles. The fraction of sp³-hybridized carbons (Fsp3) is 0.489. The maximum atomic E-state index is 14.3. The molecular weight excluding hydrogens is 799 g/mol. The second-order valence-corrected chi connectivity index (χ2v) is 17.1. The van der Waals surface area contributed by atoms with Crippen LogP contribution in [-0.4, -0.2) is 83.0 Å². The molecule has 1 amide bonds. The number of aliphatic hydroxyl groups is 2. The lowest BCUT2D eigenvalue weighted by Crippen LogP contribution is -2.70. The van der Waals surface area contributed by atoms with Crippen molar-refractivity contribution in [1.29, 1.82) is 0 Å². The number of fused-ring (bicyclic) bond motifs is 3. The number of ether oxygens (including phenoxy) is 6. The van der Waals surface area contributed by atoms with Gasteiger partial charge in [-0.1, -0.05) is 42.3 Å². The summed E-state index contributed by atoms with van der Waals surface area (Å²) < 4.78 is 37.5. The molecule has 2 aliphatic carbocycles. The van der Waals surface area contributed by atoms with Gasteiger partial charge in [0, 0.05) is 43.7 Å². The van der Waals surface area contributed by atoms with Crippen LogP contribution in [0.5, 0.6) is 28.7 Å². The molecule has 2 N–H and O–H groups in total. The van der Waals surface area contributed by atoms with Crippen molar-refractivity contribution in [2.45, 2.75) is 95.6 Å². The van der Waals surface area contributed by atoms with Gasteiger partial charge in [-0.3, -0.25) is 15.0 Å². The molecule has 0 aromatic heterocycles. The Morgan fingerprint density at radius 1 is 1.00 bits per heavy atom. The Balaban J connectivity index is 1.45. The van der Waals surface area contributed by atoms with E-state index in [4.69, 9.17) is 38.4 Å². The molecule has 15 heteroatoms. The number of aliphatic hydroxyl groups excluding tert-OH is 2. The highest BCUT2D eigenvalue weighted by Gasteiger charge is 2.65. The number of nitro benzene ring substituents is 1. The molecule has 332 valence electrons. The molecule has 6 atom stereocenters. The van der Waals surface area contributed by atoms with Crippen LogP contribution in [0.25, 0.3) is 0 Å². The van der Waals surface area contributed by atoms with Crippen molar-refractivity contribution in [2.75, 3.05) is 33.7 Å². The summed E-state index contributed by atoms with van der Waals surface area (Å²) in [5, 5.41) is 36.4. The van der Waals surface area contributed by atoms with Crippen LogP contribution in [0, 0.1) is 27.9 Å². The van der Waals surface area contributed by atoms with Gasteiger partial charge in [0.15, 0.2) is 11.5 Å². The second-order valence-electron chi connectivity index (χ2n) is 17.1. The number of non-ortho nitro benzene ring substituents is 1. The van der Waals surface area contributed by atoms with E-state index in [2.05, 4.69) is 12.7 Å². The zero-order valence-corrected chi connectivity index (χ0v) is 35.8. The Morgan fingerprint density at radius 3 is 2.47 bits per heavy atom. The van der Waals surface area contributed by atoms with Gasteiger partial charge in [0.1, 0.15) is 28.9 Å². The van der Waals surface area contributed by atoms with Crippen molar-refractivity contribution in [3.8, 4) is 28.7 Å². The number of benzene rings is 3. The van der Waals surface area contributed by atoms with Crippen molar-refractivity contribution >= 4 is 17.5 Å². The zero-order chi connectivity index (χ0) is 44.0. The monoisotopic (exact) mass is 855 g/mol. The van der Waals surface area contributed by atoms with Gasteiger partial charge < -0.3 is 43.5 Å². The average Bonchev–Trinajstić information content (AvgIpc) is 3.73. The summed E-state index contributed by atoms with van der Waals surface area (Å²) in [7, 11) is 1.34. The lowest BCUT2D eigenvalue weighted by Gasteiger charge is -2.59. The lowest BCUT2D eigenvalue weighted by atomic mass is 9.55. The average molecular weight is 856 g/mol. The van der Waals surface area contributed by atoms with Gasteiger partial charge in [-0.05, 0) is 106 Å². The third-order valence-corrected chi connectivity index (χ3v) is 11.9. The van der Waals surface area contributed by atoms with Crippen molar-refractivity contribution in [3.05, 3.63) is 106 Å². The number of hydrogen-bond acceptors (Lipinski definition) is 13. The first-order valence-electron chi connectivity index (χ1n) is 21.3. The number of rotatable bonds is 18. The number of unbranched alkanes of at least 4 members (excludes halogenated alkanes) is 2. The van der Waals surface area contributed by atoms with Crippen molar-refractivity contribution in [3.63, 3.8) is 0 Å². The highest BCUT2D eigenvalue weighted by molar-refractivity contribution is 6.03. The summed E-state index contributed by atoms with van der Waals surface area (Å²) in [6, 6.07) is 16.2. The van der Waals surface area contributed by atoms with Crippen LogP contribution >= 0.6 is 0 Å². The SMILES string of the molecule is C=CCO[C@@]12Oc3ccc(Oc4cccc([N+](=O)[O-])c4)cc3[C@H]3[C@H](CCCCO)[C@@H](CCCCO)C=C(C(=NOC(C)(C)C)C[C@@H]1N(Cc1ccc4c(c1)OCO4)C(=O)OC)[C@H]32. The lowest BCUT2D eigenvalue weighted by molar-refractivity contribution is -0.384. The first kappa shape index (κ1) is 44.4. The molecule has 1 fully saturated rings. The molecule has 1 saturated carbocycles. The van der Waals surface area contributed by atoms with Crippen molar-refractivity contribution < 1.29 is 53.2 Å². The summed E-state index contributed by atoms with van der Waals surface area (Å²) in [5.41, 5.74) is 2.35. The van der Waals surface area contributed by atoms with E-state index in [-0.39, 0.29) is 63.0 Å². The van der Waals surface area contributed by atoms with Gasteiger partial charge in [-0.15, -0.1) is 6.58 Å². The standard InChI is InChI=1S/C47H57N3O12/c1-6-22-59-47-42(49(45(53)56-5)28-30-16-18-40-41(23-30)58-29-57-40)27-38(48-62-46(2,3)4)36-24-31(12-7-9-20-51)35(15-8-10-21-52)43(44(36)47)37-26-34(17-19-39(37)61-47)60-33-14-11-13-32(25-33)50(54)55/h6,11,13-14,16-19,23-26,31,35,42-44,51-52H,1,7-10,12,15,20-22,27-29H2,2-5H3/t31-,35+,42-,43+,44+,47+/m0/s1. The molecule has 62 heavy (non-hydrogen) atoms. The smallest absolute Gasteiger partial charge is 0.410 e. The summed E-state index contributed by atoms with van der Waals surface area (Å²) >= 11 is 0. The number of carbonyl (C=O) groups excluding carboxylic acids is 1. The molecule has 0 saturated heterocycles. The van der Waals surface area contributed by atoms with E-state index in [1.54, 1.807) is 29.2 Å². The van der Waals surface area contributed by atoms with Crippen LogP contribution in [0.15, 0.2) is 90.1 Å². The maximum absolute atomic E-state index is 14.3. The summed E-state index contributed by atoms with van der Waals surface area (Å²) in [6.45, 7) is 10.1. The molecule has 3 aromatic rings. The third kappa shape index (κ3) is 9.39. The minimum Gasteiger partial charge on any atom is -0.459 e. The van der Waals surface area contributed by atoms with E-state index in [0.29, 0.717) is 47.3 Å². The van der Waals surface area contributed by atoms with E-state index < -0.39 is 34.4 Å². The fourth-order valence-corrected chi connectivity index (χ4v) is 9.36. The summed E-state index contributed by atoms with van der Waals surface area (Å²) in [4.78, 5) is 33.3. The van der Waals surface area contributed by atoms with Crippen LogP contribution in [0.4, 0.5) is 10.5 Å². The quantitative estimate of drug-likeness (QED) is 0.0538. The van der Waals surface area contributed by atoms with Crippen LogP contribution in [0.2, 0.25) is 0 Å². The van der Waals surface area contributed by atoms with Crippen molar-refractivity contribution in [2.24, 2.45) is 22.9 Å². The van der Waals surface area contributed by atoms with E-state index in [0.717, 1.165) is 42.4 Å². The number of methoxy groups -OCH3 is 1. The largest absolute Gasteiger partial charge is 0.459 e. The highest BCUT2D eigenvalue weighted by Crippen LogP contribution is 2.62. The molecule has 7 rings (SSSR count). The highest BCUT2D eigenvalue weighted by atomic mass is 16.7. The molecule has 2 heterocycles. The first-order chi connectivity index (χ1) is 29.9. The van der Waals surface area contributed by atoms with Crippen LogP contribution in [0.1, 0.15) is 82.8 Å². The van der Waals surface area contributed by atoms with E-state index in [1.807, 2.05) is 51.1 Å². The normalized spacial score (nSPS) is 23.9. The van der Waals surface area contributed by atoms with Gasteiger partial charge in [0.2, 0.25) is 12.6 Å². The van der Waals surface area contributed by atoms with E-state index in [9.17, 15) is 25.1 Å². The van der Waals surface area contributed by atoms with Gasteiger partial charge in [0.05, 0.1) is 36.3 Å². The number of nitrogens with zero attached hydrogens (tertiary/aromatic N) is 3. The zero-order valence-electron chi connectivity index (χ0n) is 35.8. The summed E-state index contributed by atoms with van der Waals surface area (Å²) in [5.74, 6) is -0.0375. The van der Waals surface area contributed by atoms with Crippen LogP contribution < -0.4 is 18.9 Å². The molecule has 0 spiro atoms. The molecular formula is C47H57N3O12.